The van der Waals surface area contributed by atoms with Gasteiger partial charge in [-0.3, -0.25) is 4.98 Å². The Morgan fingerprint density at radius 3 is 2.55 bits per heavy atom. The fourth-order valence-electron chi connectivity index (χ4n) is 2.90. The molecule has 120 valence electrons. The molecule has 0 N–H and O–H groups in total. The summed E-state index contributed by atoms with van der Waals surface area (Å²) in [7, 11) is -0.727. The number of nitrogens with zero attached hydrogens (tertiary/aromatic N) is 3. The van der Waals surface area contributed by atoms with Gasteiger partial charge < -0.3 is 14.2 Å². The van der Waals surface area contributed by atoms with E-state index >= 15 is 0 Å². The molecule has 1 aromatic heterocycles. The van der Waals surface area contributed by atoms with E-state index in [-0.39, 0.29) is 12.3 Å². The lowest BCUT2D eigenvalue weighted by Gasteiger charge is -2.34. The summed E-state index contributed by atoms with van der Waals surface area (Å²) >= 11 is 0. The summed E-state index contributed by atoms with van der Waals surface area (Å²) in [5.74, 6) is 0.530. The Hall–Kier alpha value is -1.14. The van der Waals surface area contributed by atoms with E-state index in [1.165, 1.54) is 6.42 Å². The summed E-state index contributed by atoms with van der Waals surface area (Å²) < 4.78 is 28.3. The Labute approximate surface area is 136 Å². The van der Waals surface area contributed by atoms with Gasteiger partial charge in [0.1, 0.15) is 5.82 Å². The van der Waals surface area contributed by atoms with E-state index in [0.717, 1.165) is 19.4 Å². The topological polar surface area (TPSA) is 47.5 Å². The second kappa shape index (κ2) is 5.50. The third kappa shape index (κ3) is 2.74. The van der Waals surface area contributed by atoms with E-state index in [0.29, 0.717) is 17.5 Å². The zero-order chi connectivity index (χ0) is 17.7. The third-order valence-electron chi connectivity index (χ3n) is 5.10. The van der Waals surface area contributed by atoms with Crippen LogP contribution in [0.1, 0.15) is 56.6 Å². The summed E-state index contributed by atoms with van der Waals surface area (Å²) in [5.41, 5.74) is -0.633. The first-order chi connectivity index (χ1) is 11.1. The first-order valence-electron chi connectivity index (χ1n) is 9.10. The van der Waals surface area contributed by atoms with Crippen molar-refractivity contribution in [2.24, 2.45) is 0 Å². The van der Waals surface area contributed by atoms with Crippen molar-refractivity contribution >= 4 is 18.5 Å². The predicted octanol–water partition coefficient (Wildman–Crippen LogP) is 2.15. The van der Waals surface area contributed by atoms with Crippen molar-refractivity contribution in [3.05, 3.63) is 12.3 Å². The lowest BCUT2D eigenvalue weighted by molar-refractivity contribution is 0.00578. The molecule has 1 unspecified atom stereocenters. The van der Waals surface area contributed by atoms with Gasteiger partial charge in [0, 0.05) is 18.8 Å². The second-order valence-corrected chi connectivity index (χ2v) is 7.28. The third-order valence-corrected chi connectivity index (χ3v) is 5.10. The van der Waals surface area contributed by atoms with Crippen LogP contribution in [-0.2, 0) is 9.31 Å². The highest BCUT2D eigenvalue weighted by Crippen LogP contribution is 2.36. The Morgan fingerprint density at radius 1 is 1.23 bits per heavy atom. The van der Waals surface area contributed by atoms with Gasteiger partial charge in [-0.05, 0) is 53.9 Å². The van der Waals surface area contributed by atoms with Gasteiger partial charge in [-0.25, -0.2) is 4.98 Å². The van der Waals surface area contributed by atoms with Crippen molar-refractivity contribution in [2.75, 3.05) is 11.4 Å². The normalized spacial score (nSPS) is 28.5. The lowest BCUT2D eigenvalue weighted by atomic mass is 9.85. The van der Waals surface area contributed by atoms with E-state index in [4.69, 9.17) is 12.1 Å². The smallest absolute Gasteiger partial charge is 0.398 e. The molecule has 5 nitrogen and oxygen atoms in total. The van der Waals surface area contributed by atoms with Crippen LogP contribution in [-0.4, -0.2) is 40.9 Å². The molecule has 0 aliphatic carbocycles. The van der Waals surface area contributed by atoms with Crippen LogP contribution in [0.3, 0.4) is 0 Å². The van der Waals surface area contributed by atoms with E-state index < -0.39 is 18.3 Å². The molecule has 6 heteroatoms. The second-order valence-electron chi connectivity index (χ2n) is 7.28. The molecule has 1 atom stereocenters. The minimum Gasteiger partial charge on any atom is -0.398 e. The zero-order valence-electron chi connectivity index (χ0n) is 16.1. The van der Waals surface area contributed by atoms with Gasteiger partial charge in [0.2, 0.25) is 0 Å². The highest BCUT2D eigenvalue weighted by atomic mass is 16.7. The van der Waals surface area contributed by atoms with Crippen LogP contribution in [0.25, 0.3) is 0 Å². The van der Waals surface area contributed by atoms with E-state index in [1.807, 2.05) is 27.7 Å². The largest absolute Gasteiger partial charge is 0.516 e. The Morgan fingerprint density at radius 2 is 1.91 bits per heavy atom. The zero-order valence-corrected chi connectivity index (χ0v) is 14.1. The van der Waals surface area contributed by atoms with Gasteiger partial charge in [0.15, 0.2) is 0 Å². The maximum absolute atomic E-state index is 8.14. The van der Waals surface area contributed by atoms with E-state index in [2.05, 4.69) is 21.8 Å². The first-order valence-corrected chi connectivity index (χ1v) is 8.10. The summed E-state index contributed by atoms with van der Waals surface area (Å²) in [6.07, 6.45) is 3.36. The van der Waals surface area contributed by atoms with Crippen molar-refractivity contribution < 1.29 is 12.1 Å². The minimum absolute atomic E-state index is 0.0492. The quantitative estimate of drug-likeness (QED) is 0.784. The monoisotopic (exact) mass is 305 g/mol. The average Bonchev–Trinajstić information content (AvgIpc) is 2.68. The maximum Gasteiger partial charge on any atom is 0.516 e. The van der Waals surface area contributed by atoms with Gasteiger partial charge in [-0.15, -0.1) is 0 Å². The molecule has 2 fully saturated rings. The molecule has 3 rings (SSSR count). The number of piperidine rings is 1. The molecular weight excluding hydrogens is 277 g/mol. The van der Waals surface area contributed by atoms with Crippen LogP contribution in [0.2, 0.25) is 0 Å². The van der Waals surface area contributed by atoms with E-state index in [9.17, 15) is 0 Å². The summed E-state index contributed by atoms with van der Waals surface area (Å²) in [5, 5.41) is 0. The van der Waals surface area contributed by atoms with Gasteiger partial charge >= 0.3 is 7.12 Å². The number of hydrogen-bond acceptors (Lipinski definition) is 5. The fourth-order valence-corrected chi connectivity index (χ4v) is 2.90. The van der Waals surface area contributed by atoms with Crippen molar-refractivity contribution in [2.45, 2.75) is 71.1 Å². The molecule has 1 aromatic rings. The standard InChI is InChI=1S/C16H26BN3O2/c1-12-8-6-7-9-20(12)14-11-18-10-13(19-14)17-21-15(2,3)16(4,5)22-17/h10-12H,6-9H2,1-5H3/i10D,11D. The number of rotatable bonds is 2. The molecule has 0 saturated carbocycles. The molecule has 0 radical (unpaired) electrons. The highest BCUT2D eigenvalue weighted by molar-refractivity contribution is 6.61. The van der Waals surface area contributed by atoms with Crippen LogP contribution in [0.15, 0.2) is 12.3 Å². The van der Waals surface area contributed by atoms with Crippen LogP contribution in [0.4, 0.5) is 5.82 Å². The highest BCUT2D eigenvalue weighted by Gasteiger charge is 2.52. The summed E-state index contributed by atoms with van der Waals surface area (Å²) in [4.78, 5) is 10.8. The molecule has 3 heterocycles. The number of anilines is 1. The van der Waals surface area contributed by atoms with Crippen molar-refractivity contribution in [3.8, 4) is 0 Å². The molecule has 2 saturated heterocycles. The number of aromatic nitrogens is 2. The SMILES string of the molecule is [2H]c1nc([2H])c(N2CCCCC2C)nc1B1OC(C)(C)C(C)(C)O1. The van der Waals surface area contributed by atoms with Crippen LogP contribution >= 0.6 is 0 Å². The summed E-state index contributed by atoms with van der Waals surface area (Å²) in [6, 6.07) is 0.319. The van der Waals surface area contributed by atoms with Crippen LogP contribution in [0.5, 0.6) is 0 Å². The van der Waals surface area contributed by atoms with Gasteiger partial charge in [0.05, 0.1) is 25.7 Å². The Kier molecular flexibility index (Phi) is 3.33. The first kappa shape index (κ1) is 13.3. The fraction of sp³-hybridized carbons (Fsp3) is 0.750. The molecule has 2 aliphatic rings. The predicted molar refractivity (Wildman–Crippen MR) is 88.4 cm³/mol. The van der Waals surface area contributed by atoms with Crippen LogP contribution in [0, 0.1) is 0 Å². The molecular formula is C16H26BN3O2. The molecule has 0 bridgehead atoms. The average molecular weight is 305 g/mol. The molecule has 0 amide bonds. The molecule has 0 spiro atoms. The van der Waals surface area contributed by atoms with Crippen molar-refractivity contribution in [1.82, 2.24) is 9.97 Å². The van der Waals surface area contributed by atoms with Gasteiger partial charge in [-0.1, -0.05) is 0 Å². The van der Waals surface area contributed by atoms with Gasteiger partial charge in [0.25, 0.3) is 0 Å². The van der Waals surface area contributed by atoms with Crippen molar-refractivity contribution in [1.29, 1.82) is 0 Å². The molecule has 22 heavy (non-hydrogen) atoms. The summed E-state index contributed by atoms with van der Waals surface area (Å²) in [6.45, 7) is 10.9. The van der Waals surface area contributed by atoms with E-state index in [1.54, 1.807) is 0 Å². The van der Waals surface area contributed by atoms with Crippen molar-refractivity contribution in [3.63, 3.8) is 0 Å². The molecule has 0 aromatic carbocycles. The Bertz CT molecular complexity index is 626. The number of hydrogen-bond donors (Lipinski definition) is 0. The maximum atomic E-state index is 8.14. The molecule has 2 aliphatic heterocycles. The minimum atomic E-state index is -0.727. The lowest BCUT2D eigenvalue weighted by Crippen LogP contribution is -2.42. The van der Waals surface area contributed by atoms with Gasteiger partial charge in [-0.2, -0.15) is 0 Å². The van der Waals surface area contributed by atoms with Crippen LogP contribution < -0.4 is 10.5 Å². The Balaban J connectivity index is 1.96.